The predicted octanol–water partition coefficient (Wildman–Crippen LogP) is 1.14. The zero-order valence-corrected chi connectivity index (χ0v) is 12.8. The molecule has 1 fully saturated rings. The van der Waals surface area contributed by atoms with Crippen molar-refractivity contribution in [3.63, 3.8) is 0 Å². The van der Waals surface area contributed by atoms with Crippen LogP contribution in [0.5, 0.6) is 0 Å². The van der Waals surface area contributed by atoms with Crippen molar-refractivity contribution in [2.24, 2.45) is 5.73 Å². The van der Waals surface area contributed by atoms with Crippen LogP contribution in [0.2, 0.25) is 0 Å². The maximum absolute atomic E-state index is 12.2. The van der Waals surface area contributed by atoms with Crippen molar-refractivity contribution in [1.82, 2.24) is 9.84 Å². The molecule has 0 radical (unpaired) electrons. The zero-order valence-electron chi connectivity index (χ0n) is 11.2. The van der Waals surface area contributed by atoms with E-state index in [0.29, 0.717) is 11.1 Å². The van der Waals surface area contributed by atoms with Crippen LogP contribution in [0.25, 0.3) is 0 Å². The van der Waals surface area contributed by atoms with Gasteiger partial charge in [-0.1, -0.05) is 42.9 Å². The lowest BCUT2D eigenvalue weighted by molar-refractivity contribution is 0.200. The molecule has 5 nitrogen and oxygen atoms in total. The van der Waals surface area contributed by atoms with Gasteiger partial charge in [0.05, 0.1) is 5.75 Å². The van der Waals surface area contributed by atoms with Gasteiger partial charge in [0, 0.05) is 18.7 Å². The molecule has 1 aromatic rings. The number of piperidine rings is 1. The van der Waals surface area contributed by atoms with Crippen molar-refractivity contribution >= 4 is 27.2 Å². The molecule has 0 unspecified atom stereocenters. The molecule has 1 heterocycles. The van der Waals surface area contributed by atoms with E-state index in [0.717, 1.165) is 32.4 Å². The highest BCUT2D eigenvalue weighted by atomic mass is 32.2. The summed E-state index contributed by atoms with van der Waals surface area (Å²) in [5.74, 6) is -0.114. The predicted molar refractivity (Wildman–Crippen MR) is 83.5 cm³/mol. The van der Waals surface area contributed by atoms with Crippen LogP contribution >= 0.6 is 12.2 Å². The molecule has 0 saturated carbocycles. The Bertz CT molecular complexity index is 581. The molecule has 3 N–H and O–H groups in total. The number of hydrazine groups is 1. The van der Waals surface area contributed by atoms with E-state index in [9.17, 15) is 8.42 Å². The topological polar surface area (TPSA) is 75.4 Å². The molecule has 2 rings (SSSR count). The first-order valence-electron chi connectivity index (χ1n) is 6.61. The van der Waals surface area contributed by atoms with Crippen LogP contribution in [0.15, 0.2) is 24.3 Å². The smallest absolute Gasteiger partial charge is 0.228 e. The van der Waals surface area contributed by atoms with Crippen LogP contribution in [0.1, 0.15) is 30.4 Å². The Hall–Kier alpha value is -1.02. The Balaban J connectivity index is 2.10. The molecule has 0 atom stereocenters. The second-order valence-corrected chi connectivity index (χ2v) is 7.06. The van der Waals surface area contributed by atoms with E-state index in [4.69, 9.17) is 18.0 Å². The molecule has 1 aliphatic heterocycles. The van der Waals surface area contributed by atoms with Gasteiger partial charge in [0.2, 0.25) is 10.0 Å². The normalized spacial score (nSPS) is 17.0. The van der Waals surface area contributed by atoms with Crippen LogP contribution in [-0.2, 0) is 15.8 Å². The summed E-state index contributed by atoms with van der Waals surface area (Å²) >= 11 is 4.95. The summed E-state index contributed by atoms with van der Waals surface area (Å²) < 4.78 is 24.4. The molecule has 20 heavy (non-hydrogen) atoms. The van der Waals surface area contributed by atoms with Gasteiger partial charge >= 0.3 is 0 Å². The first kappa shape index (κ1) is 15.4. The van der Waals surface area contributed by atoms with Crippen molar-refractivity contribution in [3.05, 3.63) is 35.4 Å². The van der Waals surface area contributed by atoms with Gasteiger partial charge in [-0.25, -0.2) is 13.4 Å². The second-order valence-electron chi connectivity index (χ2n) is 4.92. The van der Waals surface area contributed by atoms with Gasteiger partial charge in [0.1, 0.15) is 4.99 Å². The standard InChI is InChI=1S/C13H19N3O2S2/c14-13(19)12-7-3-2-6-11(12)10-20(17,18)15-16-8-4-1-5-9-16/h2-3,6-7,15H,1,4-5,8-10H2,(H2,14,19). The molecule has 1 saturated heterocycles. The van der Waals surface area contributed by atoms with Crippen LogP contribution in [0.3, 0.4) is 0 Å². The summed E-state index contributed by atoms with van der Waals surface area (Å²) in [6, 6.07) is 7.06. The lowest BCUT2D eigenvalue weighted by Gasteiger charge is -2.26. The fourth-order valence-corrected chi connectivity index (χ4v) is 3.81. The number of thiocarbonyl (C=S) groups is 1. The second kappa shape index (κ2) is 6.62. The monoisotopic (exact) mass is 313 g/mol. The maximum Gasteiger partial charge on any atom is 0.228 e. The fraction of sp³-hybridized carbons (Fsp3) is 0.462. The van der Waals surface area contributed by atoms with Gasteiger partial charge in [-0.15, -0.1) is 4.83 Å². The van der Waals surface area contributed by atoms with Crippen molar-refractivity contribution in [1.29, 1.82) is 0 Å². The summed E-state index contributed by atoms with van der Waals surface area (Å²) in [5.41, 5.74) is 6.87. The van der Waals surface area contributed by atoms with Crippen molar-refractivity contribution in [2.75, 3.05) is 13.1 Å². The molecular weight excluding hydrogens is 294 g/mol. The van der Waals surface area contributed by atoms with E-state index < -0.39 is 10.0 Å². The van der Waals surface area contributed by atoms with Crippen LogP contribution in [0.4, 0.5) is 0 Å². The van der Waals surface area contributed by atoms with Gasteiger partial charge in [0.25, 0.3) is 0 Å². The Morgan fingerprint density at radius 1 is 1.25 bits per heavy atom. The number of nitrogens with one attached hydrogen (secondary N) is 1. The molecular formula is C13H19N3O2S2. The minimum absolute atomic E-state index is 0.114. The van der Waals surface area contributed by atoms with E-state index in [1.807, 2.05) is 0 Å². The van der Waals surface area contributed by atoms with Gasteiger partial charge in [-0.05, 0) is 18.4 Å². The summed E-state index contributed by atoms with van der Waals surface area (Å²) in [5, 5.41) is 1.77. The summed E-state index contributed by atoms with van der Waals surface area (Å²) in [7, 11) is -3.43. The molecule has 0 aromatic heterocycles. The van der Waals surface area contributed by atoms with E-state index in [1.165, 1.54) is 0 Å². The van der Waals surface area contributed by atoms with Crippen LogP contribution < -0.4 is 10.6 Å². The Morgan fingerprint density at radius 3 is 2.55 bits per heavy atom. The summed E-state index contributed by atoms with van der Waals surface area (Å²) in [4.78, 5) is 2.85. The third-order valence-electron chi connectivity index (χ3n) is 3.25. The van der Waals surface area contributed by atoms with E-state index >= 15 is 0 Å². The largest absolute Gasteiger partial charge is 0.389 e. The highest BCUT2D eigenvalue weighted by Crippen LogP contribution is 2.13. The highest BCUT2D eigenvalue weighted by molar-refractivity contribution is 7.88. The molecule has 1 aromatic carbocycles. The van der Waals surface area contributed by atoms with Gasteiger partial charge in [0.15, 0.2) is 0 Å². The first-order valence-corrected chi connectivity index (χ1v) is 8.67. The van der Waals surface area contributed by atoms with E-state index in [1.54, 1.807) is 29.3 Å². The number of sulfonamides is 1. The third kappa shape index (κ3) is 4.24. The number of hydrogen-bond donors (Lipinski definition) is 2. The molecule has 0 amide bonds. The molecule has 110 valence electrons. The van der Waals surface area contributed by atoms with Crippen LogP contribution in [0, 0.1) is 0 Å². The SMILES string of the molecule is NC(=S)c1ccccc1CS(=O)(=O)NN1CCCCC1. The zero-order chi connectivity index (χ0) is 14.6. The lowest BCUT2D eigenvalue weighted by atomic mass is 10.1. The summed E-state index contributed by atoms with van der Waals surface area (Å²) in [6.45, 7) is 1.52. The number of rotatable bonds is 5. The minimum atomic E-state index is -3.43. The van der Waals surface area contributed by atoms with Gasteiger partial charge < -0.3 is 5.73 Å². The lowest BCUT2D eigenvalue weighted by Crippen LogP contribution is -2.45. The molecule has 0 spiro atoms. The van der Waals surface area contributed by atoms with E-state index in [-0.39, 0.29) is 10.7 Å². The third-order valence-corrected chi connectivity index (χ3v) is 4.70. The molecule has 0 bridgehead atoms. The average molecular weight is 313 g/mol. The number of hydrogen-bond acceptors (Lipinski definition) is 4. The van der Waals surface area contributed by atoms with Crippen LogP contribution in [-0.4, -0.2) is 31.5 Å². The van der Waals surface area contributed by atoms with Crippen molar-refractivity contribution < 1.29 is 8.42 Å². The summed E-state index contributed by atoms with van der Waals surface area (Å²) in [6.07, 6.45) is 3.19. The number of benzene rings is 1. The van der Waals surface area contributed by atoms with Crippen molar-refractivity contribution in [3.8, 4) is 0 Å². The molecule has 7 heteroatoms. The van der Waals surface area contributed by atoms with Gasteiger partial charge in [-0.3, -0.25) is 0 Å². The molecule has 0 aliphatic carbocycles. The van der Waals surface area contributed by atoms with Gasteiger partial charge in [-0.2, -0.15) is 0 Å². The Kier molecular flexibility index (Phi) is 5.09. The Morgan fingerprint density at radius 2 is 1.90 bits per heavy atom. The fourth-order valence-electron chi connectivity index (χ4n) is 2.31. The quantitative estimate of drug-likeness (QED) is 0.797. The average Bonchev–Trinajstić information content (AvgIpc) is 2.39. The van der Waals surface area contributed by atoms with Crippen molar-refractivity contribution in [2.45, 2.75) is 25.0 Å². The maximum atomic E-state index is 12.2. The Labute approximate surface area is 125 Å². The van der Waals surface area contributed by atoms with E-state index in [2.05, 4.69) is 4.83 Å². The molecule has 1 aliphatic rings. The number of nitrogens with two attached hydrogens (primary N) is 1. The minimum Gasteiger partial charge on any atom is -0.389 e. The highest BCUT2D eigenvalue weighted by Gasteiger charge is 2.19. The first-order chi connectivity index (χ1) is 9.48. The number of nitrogens with zero attached hydrogens (tertiary/aromatic N) is 1.